The minimum atomic E-state index is -5.04. The zero-order valence-electron chi connectivity index (χ0n) is 15.2. The van der Waals surface area contributed by atoms with E-state index in [1.807, 2.05) is 19.1 Å². The van der Waals surface area contributed by atoms with Gasteiger partial charge in [0.05, 0.1) is 0 Å². The normalized spacial score (nSPS) is 20.0. The quantitative estimate of drug-likeness (QED) is 0.833. The highest BCUT2D eigenvalue weighted by Gasteiger charge is 2.61. The van der Waals surface area contributed by atoms with Gasteiger partial charge in [-0.3, -0.25) is 10.2 Å². The van der Waals surface area contributed by atoms with E-state index >= 15 is 0 Å². The molecule has 1 amide bonds. The van der Waals surface area contributed by atoms with Crippen LogP contribution in [0.5, 0.6) is 5.75 Å². The molecule has 0 radical (unpaired) electrons. The third-order valence-corrected chi connectivity index (χ3v) is 4.10. The van der Waals surface area contributed by atoms with Crippen molar-refractivity contribution in [3.8, 4) is 5.75 Å². The maximum atomic E-state index is 13.3. The van der Waals surface area contributed by atoms with Gasteiger partial charge in [-0.15, -0.1) is 0 Å². The zero-order chi connectivity index (χ0) is 19.7. The largest absolute Gasteiger partial charge is 0.483 e. The standard InChI is InChI=1S/C18H23F3N2O3/c1-5-6-14-9-17(25,18(19,20)21)23(22-14)15(24)10-26-16-12(3)7-11(2)8-13(16)4/h7-9,22,25H,5-6,10H2,1-4H3/t17-/m0/s1. The van der Waals surface area contributed by atoms with E-state index < -0.39 is 24.4 Å². The summed E-state index contributed by atoms with van der Waals surface area (Å²) in [6, 6.07) is 3.71. The minimum absolute atomic E-state index is 0.142. The molecule has 0 bridgehead atoms. The molecule has 0 aromatic heterocycles. The van der Waals surface area contributed by atoms with Gasteiger partial charge >= 0.3 is 6.18 Å². The fraction of sp³-hybridized carbons (Fsp3) is 0.500. The van der Waals surface area contributed by atoms with Crippen molar-refractivity contribution in [1.29, 1.82) is 0 Å². The first kappa shape index (κ1) is 20.1. The van der Waals surface area contributed by atoms with Gasteiger partial charge in [-0.1, -0.05) is 31.0 Å². The predicted octanol–water partition coefficient (Wildman–Crippen LogP) is 3.27. The lowest BCUT2D eigenvalue weighted by Gasteiger charge is -2.33. The number of nitrogens with one attached hydrogen (secondary N) is 1. The zero-order valence-corrected chi connectivity index (χ0v) is 15.2. The van der Waals surface area contributed by atoms with Crippen molar-refractivity contribution in [1.82, 2.24) is 10.4 Å². The number of benzene rings is 1. The average Bonchev–Trinajstić information content (AvgIpc) is 2.84. The van der Waals surface area contributed by atoms with E-state index in [1.165, 1.54) is 0 Å². The first-order valence-electron chi connectivity index (χ1n) is 8.30. The van der Waals surface area contributed by atoms with Crippen LogP contribution in [-0.4, -0.2) is 34.5 Å². The van der Waals surface area contributed by atoms with E-state index in [0.29, 0.717) is 18.2 Å². The smallest absolute Gasteiger partial charge is 0.442 e. The molecule has 0 spiro atoms. The fourth-order valence-corrected chi connectivity index (χ4v) is 3.02. The highest BCUT2D eigenvalue weighted by molar-refractivity contribution is 5.79. The van der Waals surface area contributed by atoms with E-state index in [-0.39, 0.29) is 17.1 Å². The van der Waals surface area contributed by atoms with E-state index in [4.69, 9.17) is 4.74 Å². The van der Waals surface area contributed by atoms with Crippen LogP contribution in [0.3, 0.4) is 0 Å². The van der Waals surface area contributed by atoms with Gasteiger partial charge < -0.3 is 9.84 Å². The molecule has 0 saturated carbocycles. The average molecular weight is 372 g/mol. The number of aryl methyl sites for hydroxylation is 3. The summed E-state index contributed by atoms with van der Waals surface area (Å²) in [5, 5.41) is 10.3. The van der Waals surface area contributed by atoms with Crippen molar-refractivity contribution in [2.75, 3.05) is 6.61 Å². The maximum Gasteiger partial charge on any atom is 0.442 e. The summed E-state index contributed by atoms with van der Waals surface area (Å²) in [7, 11) is 0. The van der Waals surface area contributed by atoms with Crippen LogP contribution in [0.1, 0.15) is 36.5 Å². The molecule has 2 N–H and O–H groups in total. The van der Waals surface area contributed by atoms with Crippen molar-refractivity contribution in [3.63, 3.8) is 0 Å². The first-order chi connectivity index (χ1) is 12.0. The molecule has 1 aromatic rings. The SMILES string of the molecule is CCCC1=C[C@](O)(C(F)(F)F)N(C(=O)COc2c(C)cc(C)cc2C)N1. The number of alkyl halides is 3. The number of nitrogens with zero attached hydrogens (tertiary/aromatic N) is 1. The molecule has 1 aliphatic heterocycles. The summed E-state index contributed by atoms with van der Waals surface area (Å²) < 4.78 is 45.5. The number of hydrogen-bond donors (Lipinski definition) is 2. The Balaban J connectivity index is 2.19. The summed E-state index contributed by atoms with van der Waals surface area (Å²) in [6.07, 6.45) is -3.57. The Morgan fingerprint density at radius 1 is 1.27 bits per heavy atom. The lowest BCUT2D eigenvalue weighted by Crippen LogP contribution is -2.61. The monoisotopic (exact) mass is 372 g/mol. The maximum absolute atomic E-state index is 13.3. The number of carbonyl (C=O) groups is 1. The molecule has 1 aliphatic rings. The molecule has 0 unspecified atom stereocenters. The number of aliphatic hydroxyl groups is 1. The number of ether oxygens (including phenoxy) is 1. The van der Waals surface area contributed by atoms with E-state index in [9.17, 15) is 23.1 Å². The van der Waals surface area contributed by atoms with Crippen LogP contribution >= 0.6 is 0 Å². The van der Waals surface area contributed by atoms with Gasteiger partial charge in [0.25, 0.3) is 11.6 Å². The Hall–Kier alpha value is -2.22. The second kappa shape index (κ2) is 7.19. The second-order valence-corrected chi connectivity index (χ2v) is 6.50. The molecule has 0 fully saturated rings. The summed E-state index contributed by atoms with van der Waals surface area (Å²) in [4.78, 5) is 12.4. The third-order valence-electron chi connectivity index (χ3n) is 4.10. The summed E-state index contributed by atoms with van der Waals surface area (Å²) in [6.45, 7) is 6.64. The number of hydrazine groups is 1. The van der Waals surface area contributed by atoms with E-state index in [2.05, 4.69) is 5.43 Å². The van der Waals surface area contributed by atoms with Crippen molar-refractivity contribution in [2.24, 2.45) is 0 Å². The van der Waals surface area contributed by atoms with Crippen LogP contribution in [0.25, 0.3) is 0 Å². The van der Waals surface area contributed by atoms with Gasteiger partial charge in [0.2, 0.25) is 0 Å². The molecule has 0 aliphatic carbocycles. The number of hydrogen-bond acceptors (Lipinski definition) is 4. The molecular weight excluding hydrogens is 349 g/mol. The van der Waals surface area contributed by atoms with Gasteiger partial charge in [0.15, 0.2) is 6.61 Å². The van der Waals surface area contributed by atoms with E-state index in [0.717, 1.165) is 16.7 Å². The molecule has 1 heterocycles. The lowest BCUT2D eigenvalue weighted by molar-refractivity contribution is -0.289. The van der Waals surface area contributed by atoms with E-state index in [1.54, 1.807) is 20.8 Å². The van der Waals surface area contributed by atoms with Crippen LogP contribution in [0, 0.1) is 20.8 Å². The molecule has 2 rings (SSSR count). The number of carbonyl (C=O) groups excluding carboxylic acids is 1. The summed E-state index contributed by atoms with van der Waals surface area (Å²) in [5.74, 6) is -0.577. The number of amides is 1. The molecular formula is C18H23F3N2O3. The lowest BCUT2D eigenvalue weighted by atomic mass is 10.1. The molecule has 5 nitrogen and oxygen atoms in total. The third kappa shape index (κ3) is 3.80. The van der Waals surface area contributed by atoms with Gasteiger partial charge in [-0.05, 0) is 44.4 Å². The molecule has 8 heteroatoms. The van der Waals surface area contributed by atoms with Crippen molar-refractivity contribution >= 4 is 5.91 Å². The van der Waals surface area contributed by atoms with Crippen molar-refractivity contribution < 1.29 is 27.8 Å². The molecule has 26 heavy (non-hydrogen) atoms. The van der Waals surface area contributed by atoms with Crippen LogP contribution in [0.2, 0.25) is 0 Å². The molecule has 1 aromatic carbocycles. The van der Waals surface area contributed by atoms with Gasteiger partial charge in [-0.2, -0.15) is 13.2 Å². The number of rotatable bonds is 5. The first-order valence-corrected chi connectivity index (χ1v) is 8.30. The molecule has 1 atom stereocenters. The minimum Gasteiger partial charge on any atom is -0.483 e. The van der Waals surface area contributed by atoms with Crippen LogP contribution in [0.4, 0.5) is 13.2 Å². The Labute approximate surface area is 150 Å². The highest BCUT2D eigenvalue weighted by Crippen LogP contribution is 2.38. The molecule has 144 valence electrons. The Morgan fingerprint density at radius 3 is 2.35 bits per heavy atom. The van der Waals surface area contributed by atoms with Gasteiger partial charge in [0, 0.05) is 5.70 Å². The van der Waals surface area contributed by atoms with Gasteiger partial charge in [0.1, 0.15) is 5.75 Å². The Morgan fingerprint density at radius 2 is 1.85 bits per heavy atom. The second-order valence-electron chi connectivity index (χ2n) is 6.50. The summed E-state index contributed by atoms with van der Waals surface area (Å²) >= 11 is 0. The fourth-order valence-electron chi connectivity index (χ4n) is 3.02. The number of allylic oxidation sites excluding steroid dienone is 1. The topological polar surface area (TPSA) is 61.8 Å². The Bertz CT molecular complexity index is 708. The molecule has 0 saturated heterocycles. The highest BCUT2D eigenvalue weighted by atomic mass is 19.4. The Kier molecular flexibility index (Phi) is 5.55. The van der Waals surface area contributed by atoms with Crippen LogP contribution in [0.15, 0.2) is 23.9 Å². The van der Waals surface area contributed by atoms with Crippen molar-refractivity contribution in [2.45, 2.75) is 52.4 Å². The van der Waals surface area contributed by atoms with Crippen molar-refractivity contribution in [3.05, 3.63) is 40.6 Å². The number of halogens is 3. The van der Waals surface area contributed by atoms with Crippen LogP contribution < -0.4 is 10.2 Å². The summed E-state index contributed by atoms with van der Waals surface area (Å²) in [5.41, 5.74) is 1.68. The predicted molar refractivity (Wildman–Crippen MR) is 90.1 cm³/mol. The van der Waals surface area contributed by atoms with Crippen LogP contribution in [-0.2, 0) is 4.79 Å². The van der Waals surface area contributed by atoms with Gasteiger partial charge in [-0.25, -0.2) is 5.01 Å².